The Labute approximate surface area is 113 Å². The maximum absolute atomic E-state index is 12.0. The quantitative estimate of drug-likeness (QED) is 0.842. The van der Waals surface area contributed by atoms with Gasteiger partial charge in [0, 0.05) is 13.0 Å². The number of nitrogens with zero attached hydrogens (tertiary/aromatic N) is 1. The smallest absolute Gasteiger partial charge is 0.235 e. The zero-order valence-electron chi connectivity index (χ0n) is 11.3. The van der Waals surface area contributed by atoms with Crippen LogP contribution in [-0.2, 0) is 9.59 Å². The van der Waals surface area contributed by atoms with Gasteiger partial charge in [-0.15, -0.1) is 0 Å². The fourth-order valence-corrected chi connectivity index (χ4v) is 2.35. The fraction of sp³-hybridized carbons (Fsp3) is 0.467. The summed E-state index contributed by atoms with van der Waals surface area (Å²) in [5, 5.41) is 10.0. The Hall–Kier alpha value is -1.68. The first-order valence-electron chi connectivity index (χ1n) is 6.49. The highest BCUT2D eigenvalue weighted by molar-refractivity contribution is 6.05. The number of carbonyl (C=O) groups excluding carboxylic acids is 2. The Kier molecular flexibility index (Phi) is 3.71. The van der Waals surface area contributed by atoms with E-state index in [9.17, 15) is 14.7 Å². The van der Waals surface area contributed by atoms with Crippen molar-refractivity contribution in [2.75, 3.05) is 6.54 Å². The molecule has 1 atom stereocenters. The summed E-state index contributed by atoms with van der Waals surface area (Å²) in [6.07, 6.45) is -0.0179. The van der Waals surface area contributed by atoms with Gasteiger partial charge in [-0.05, 0) is 12.0 Å². The predicted molar refractivity (Wildman–Crippen MR) is 71.1 cm³/mol. The van der Waals surface area contributed by atoms with Gasteiger partial charge in [0.15, 0.2) is 0 Å². The average Bonchev–Trinajstić information content (AvgIpc) is 2.57. The summed E-state index contributed by atoms with van der Waals surface area (Å²) in [5.41, 5.74) is 0.204. The van der Waals surface area contributed by atoms with E-state index in [4.69, 9.17) is 0 Å². The molecule has 1 fully saturated rings. The summed E-state index contributed by atoms with van der Waals surface area (Å²) >= 11 is 0. The maximum Gasteiger partial charge on any atom is 0.235 e. The van der Waals surface area contributed by atoms with Crippen LogP contribution in [0.1, 0.15) is 38.4 Å². The number of benzene rings is 1. The summed E-state index contributed by atoms with van der Waals surface area (Å²) < 4.78 is 0. The third-order valence-corrected chi connectivity index (χ3v) is 3.53. The van der Waals surface area contributed by atoms with Crippen LogP contribution in [0.2, 0.25) is 0 Å². The molecule has 1 heterocycles. The third-order valence-electron chi connectivity index (χ3n) is 3.53. The molecule has 0 spiro atoms. The first-order valence-corrected chi connectivity index (χ1v) is 6.49. The Bertz CT molecular complexity index is 481. The van der Waals surface area contributed by atoms with E-state index in [0.717, 1.165) is 5.56 Å². The van der Waals surface area contributed by atoms with E-state index in [-0.39, 0.29) is 24.8 Å². The number of aliphatic hydroxyl groups is 1. The Morgan fingerprint density at radius 2 is 1.89 bits per heavy atom. The number of likely N-dealkylation sites (tertiary alicyclic amines) is 1. The average molecular weight is 261 g/mol. The SMILES string of the molecule is CC1(C)CC(=O)N(CCC(O)c2ccccc2)C1=O. The minimum Gasteiger partial charge on any atom is -0.388 e. The molecule has 102 valence electrons. The summed E-state index contributed by atoms with van der Waals surface area (Å²) in [4.78, 5) is 25.1. The number of hydrogen-bond donors (Lipinski definition) is 1. The molecule has 1 aliphatic heterocycles. The van der Waals surface area contributed by atoms with Crippen LogP contribution in [0.25, 0.3) is 0 Å². The molecule has 4 heteroatoms. The van der Waals surface area contributed by atoms with Crippen molar-refractivity contribution in [1.82, 2.24) is 4.90 Å². The molecule has 0 aromatic heterocycles. The normalized spacial score (nSPS) is 19.8. The van der Waals surface area contributed by atoms with Gasteiger partial charge in [-0.2, -0.15) is 0 Å². The standard InChI is InChI=1S/C15H19NO3/c1-15(2)10-13(18)16(14(15)19)9-8-12(17)11-6-4-3-5-7-11/h3-7,12,17H,8-10H2,1-2H3. The summed E-state index contributed by atoms with van der Waals surface area (Å²) in [6, 6.07) is 9.26. The lowest BCUT2D eigenvalue weighted by Gasteiger charge is -2.19. The summed E-state index contributed by atoms with van der Waals surface area (Å²) in [6.45, 7) is 3.83. The van der Waals surface area contributed by atoms with Gasteiger partial charge in [0.25, 0.3) is 0 Å². The van der Waals surface area contributed by atoms with Crippen LogP contribution in [0.3, 0.4) is 0 Å². The van der Waals surface area contributed by atoms with E-state index in [2.05, 4.69) is 0 Å². The highest BCUT2D eigenvalue weighted by atomic mass is 16.3. The molecule has 2 amide bonds. The summed E-state index contributed by atoms with van der Waals surface area (Å²) in [5.74, 6) is -0.284. The van der Waals surface area contributed by atoms with Gasteiger partial charge in [-0.3, -0.25) is 14.5 Å². The molecule has 19 heavy (non-hydrogen) atoms. The van der Waals surface area contributed by atoms with Crippen molar-refractivity contribution in [3.8, 4) is 0 Å². The van der Waals surface area contributed by atoms with Crippen molar-refractivity contribution in [3.05, 3.63) is 35.9 Å². The molecule has 0 radical (unpaired) electrons. The van der Waals surface area contributed by atoms with Crippen molar-refractivity contribution in [2.45, 2.75) is 32.8 Å². The van der Waals surface area contributed by atoms with Crippen LogP contribution in [-0.4, -0.2) is 28.4 Å². The van der Waals surface area contributed by atoms with Gasteiger partial charge in [0.05, 0.1) is 11.5 Å². The highest BCUT2D eigenvalue weighted by Crippen LogP contribution is 2.32. The van der Waals surface area contributed by atoms with Crippen LogP contribution in [0, 0.1) is 5.41 Å². The van der Waals surface area contributed by atoms with Gasteiger partial charge < -0.3 is 5.11 Å². The first kappa shape index (κ1) is 13.7. The number of rotatable bonds is 4. The highest BCUT2D eigenvalue weighted by Gasteiger charge is 2.44. The Morgan fingerprint density at radius 1 is 1.26 bits per heavy atom. The van der Waals surface area contributed by atoms with Crippen LogP contribution in [0.5, 0.6) is 0 Å². The van der Waals surface area contributed by atoms with Crippen molar-refractivity contribution < 1.29 is 14.7 Å². The molecule has 1 aromatic rings. The second-order valence-electron chi connectivity index (χ2n) is 5.63. The third kappa shape index (κ3) is 2.84. The van der Waals surface area contributed by atoms with Crippen LogP contribution >= 0.6 is 0 Å². The lowest BCUT2D eigenvalue weighted by molar-refractivity contribution is -0.141. The monoisotopic (exact) mass is 261 g/mol. The van der Waals surface area contributed by atoms with Gasteiger partial charge in [-0.25, -0.2) is 0 Å². The molecule has 4 nitrogen and oxygen atoms in total. The topological polar surface area (TPSA) is 57.6 Å². The van der Waals surface area contributed by atoms with E-state index in [1.54, 1.807) is 13.8 Å². The second-order valence-corrected chi connectivity index (χ2v) is 5.63. The molecular weight excluding hydrogens is 242 g/mol. The Balaban J connectivity index is 1.96. The number of imide groups is 1. The van der Waals surface area contributed by atoms with E-state index in [0.29, 0.717) is 6.42 Å². The molecule has 1 aliphatic rings. The van der Waals surface area contributed by atoms with Crippen LogP contribution in [0.4, 0.5) is 0 Å². The van der Waals surface area contributed by atoms with E-state index >= 15 is 0 Å². The maximum atomic E-state index is 12.0. The molecule has 0 aliphatic carbocycles. The van der Waals surface area contributed by atoms with Crippen molar-refractivity contribution in [3.63, 3.8) is 0 Å². The number of hydrogen-bond acceptors (Lipinski definition) is 3. The minimum absolute atomic E-state index is 0.141. The van der Waals surface area contributed by atoms with Gasteiger partial charge in [0.2, 0.25) is 11.8 Å². The van der Waals surface area contributed by atoms with Crippen molar-refractivity contribution >= 4 is 11.8 Å². The van der Waals surface area contributed by atoms with Crippen molar-refractivity contribution in [1.29, 1.82) is 0 Å². The predicted octanol–water partition coefficient (Wildman–Crippen LogP) is 1.90. The molecule has 0 bridgehead atoms. The van der Waals surface area contributed by atoms with Crippen molar-refractivity contribution in [2.24, 2.45) is 5.41 Å². The van der Waals surface area contributed by atoms with Crippen LogP contribution < -0.4 is 0 Å². The largest absolute Gasteiger partial charge is 0.388 e. The number of carbonyl (C=O) groups is 2. The van der Waals surface area contributed by atoms with E-state index in [1.807, 2.05) is 30.3 Å². The number of amides is 2. The van der Waals surface area contributed by atoms with E-state index < -0.39 is 11.5 Å². The number of aliphatic hydroxyl groups excluding tert-OH is 1. The van der Waals surface area contributed by atoms with E-state index in [1.165, 1.54) is 4.90 Å². The molecule has 1 unspecified atom stereocenters. The molecule has 2 rings (SSSR count). The molecular formula is C15H19NO3. The fourth-order valence-electron chi connectivity index (χ4n) is 2.35. The second kappa shape index (κ2) is 5.13. The van der Waals surface area contributed by atoms with Gasteiger partial charge in [-0.1, -0.05) is 44.2 Å². The molecule has 1 saturated heterocycles. The van der Waals surface area contributed by atoms with Crippen LogP contribution in [0.15, 0.2) is 30.3 Å². The molecule has 0 saturated carbocycles. The summed E-state index contributed by atoms with van der Waals surface area (Å²) in [7, 11) is 0. The Morgan fingerprint density at radius 3 is 2.42 bits per heavy atom. The zero-order chi connectivity index (χ0) is 14.0. The minimum atomic E-state index is -0.648. The molecule has 1 N–H and O–H groups in total. The first-order chi connectivity index (χ1) is 8.92. The zero-order valence-corrected chi connectivity index (χ0v) is 11.3. The lowest BCUT2D eigenvalue weighted by Crippen LogP contribution is -2.34. The van der Waals surface area contributed by atoms with Gasteiger partial charge >= 0.3 is 0 Å². The van der Waals surface area contributed by atoms with Gasteiger partial charge in [0.1, 0.15) is 0 Å². The lowest BCUT2D eigenvalue weighted by atomic mass is 9.92. The molecule has 1 aromatic carbocycles.